The van der Waals surface area contributed by atoms with Crippen LogP contribution in [-0.4, -0.2) is 51.1 Å². The smallest absolute Gasteiger partial charge is 0.224 e. The van der Waals surface area contributed by atoms with Gasteiger partial charge in [0.1, 0.15) is 0 Å². The number of carbonyl (C=O) groups excluding carboxylic acids is 1. The summed E-state index contributed by atoms with van der Waals surface area (Å²) in [6.45, 7) is 5.81. The van der Waals surface area contributed by atoms with Gasteiger partial charge in [0.05, 0.1) is 25.1 Å². The van der Waals surface area contributed by atoms with E-state index in [0.717, 1.165) is 23.2 Å². The fourth-order valence-corrected chi connectivity index (χ4v) is 3.79. The topological polar surface area (TPSA) is 91.5 Å². The molecular formula is C22H26N4O3. The third-order valence-electron chi connectivity index (χ3n) is 5.43. The Morgan fingerprint density at radius 2 is 2.21 bits per heavy atom. The first-order valence-electron chi connectivity index (χ1n) is 9.94. The normalized spacial score (nSPS) is 20.1. The lowest BCUT2D eigenvalue weighted by atomic mass is 10.00. The molecule has 1 aliphatic rings. The van der Waals surface area contributed by atoms with Gasteiger partial charge < -0.3 is 14.8 Å². The highest BCUT2D eigenvalue weighted by molar-refractivity contribution is 5.79. The number of nitrogens with one attached hydrogen (secondary N) is 1. The van der Waals surface area contributed by atoms with Crippen molar-refractivity contribution in [2.45, 2.75) is 45.4 Å². The molecular weight excluding hydrogens is 368 g/mol. The van der Waals surface area contributed by atoms with Crippen LogP contribution in [0.2, 0.25) is 0 Å². The standard InChI is InChI=1S/C22H26N4O3/c1-14-5-6-15(2)16(10-14)11-20(28)24-17-12-26(9-7-18(17)27)13-21-25-22-19(29-21)4-3-8-23-22/h3-6,8,10,17-18,27H,7,9,11-13H2,1-2H3,(H,24,28)/t17-,18+/m1/s1. The van der Waals surface area contributed by atoms with Crippen molar-refractivity contribution in [3.63, 3.8) is 0 Å². The maximum atomic E-state index is 12.6. The number of aliphatic hydroxyl groups is 1. The summed E-state index contributed by atoms with van der Waals surface area (Å²) in [5, 5.41) is 13.4. The van der Waals surface area contributed by atoms with Crippen molar-refractivity contribution in [1.82, 2.24) is 20.2 Å². The van der Waals surface area contributed by atoms with Crippen LogP contribution in [-0.2, 0) is 17.8 Å². The molecule has 0 unspecified atom stereocenters. The Morgan fingerprint density at radius 1 is 1.34 bits per heavy atom. The fraction of sp³-hybridized carbons (Fsp3) is 0.409. The van der Waals surface area contributed by atoms with Gasteiger partial charge in [0, 0.05) is 19.3 Å². The predicted molar refractivity (Wildman–Crippen MR) is 109 cm³/mol. The van der Waals surface area contributed by atoms with Crippen LogP contribution in [0.1, 0.15) is 29.0 Å². The molecule has 0 bridgehead atoms. The Bertz CT molecular complexity index is 983. The molecule has 2 N–H and O–H groups in total. The first-order valence-corrected chi connectivity index (χ1v) is 9.94. The number of oxazole rings is 1. The summed E-state index contributed by atoms with van der Waals surface area (Å²) >= 11 is 0. The number of carbonyl (C=O) groups is 1. The van der Waals surface area contributed by atoms with Gasteiger partial charge in [0.2, 0.25) is 11.8 Å². The van der Waals surface area contributed by atoms with Crippen LogP contribution < -0.4 is 5.32 Å². The number of benzene rings is 1. The molecule has 0 radical (unpaired) electrons. The Hall–Kier alpha value is -2.77. The molecule has 3 aromatic rings. The van der Waals surface area contributed by atoms with Crippen molar-refractivity contribution in [3.8, 4) is 0 Å². The Kier molecular flexibility index (Phi) is 5.60. The van der Waals surface area contributed by atoms with Gasteiger partial charge in [-0.15, -0.1) is 0 Å². The van der Waals surface area contributed by atoms with E-state index in [4.69, 9.17) is 4.42 Å². The third kappa shape index (κ3) is 4.63. The number of hydrogen-bond donors (Lipinski definition) is 2. The number of nitrogens with zero attached hydrogens (tertiary/aromatic N) is 3. The molecule has 7 heteroatoms. The van der Waals surface area contributed by atoms with Gasteiger partial charge in [0.25, 0.3) is 0 Å². The Balaban J connectivity index is 1.38. The summed E-state index contributed by atoms with van der Waals surface area (Å²) in [6, 6.07) is 9.46. The summed E-state index contributed by atoms with van der Waals surface area (Å²) in [6.07, 6.45) is 2.03. The van der Waals surface area contributed by atoms with Crippen molar-refractivity contribution in [1.29, 1.82) is 0 Å². The lowest BCUT2D eigenvalue weighted by Crippen LogP contribution is -2.55. The number of aromatic nitrogens is 2. The van der Waals surface area contributed by atoms with Crippen LogP contribution in [0.15, 0.2) is 40.9 Å². The van der Waals surface area contributed by atoms with E-state index in [2.05, 4.69) is 20.2 Å². The van der Waals surface area contributed by atoms with E-state index in [0.29, 0.717) is 43.1 Å². The van der Waals surface area contributed by atoms with Crippen molar-refractivity contribution in [3.05, 3.63) is 59.1 Å². The van der Waals surface area contributed by atoms with E-state index in [1.54, 1.807) is 6.20 Å². The first-order chi connectivity index (χ1) is 14.0. The molecule has 1 saturated heterocycles. The van der Waals surface area contributed by atoms with Gasteiger partial charge in [-0.1, -0.05) is 23.8 Å². The molecule has 29 heavy (non-hydrogen) atoms. The number of piperidine rings is 1. The van der Waals surface area contributed by atoms with Crippen LogP contribution in [0.25, 0.3) is 11.2 Å². The molecule has 7 nitrogen and oxygen atoms in total. The third-order valence-corrected chi connectivity index (χ3v) is 5.43. The van der Waals surface area contributed by atoms with Crippen LogP contribution in [0.4, 0.5) is 0 Å². The van der Waals surface area contributed by atoms with Crippen molar-refractivity contribution < 1.29 is 14.3 Å². The minimum atomic E-state index is -0.556. The number of likely N-dealkylation sites (tertiary alicyclic amines) is 1. The molecule has 1 aliphatic heterocycles. The molecule has 0 saturated carbocycles. The number of fused-ring (bicyclic) bond motifs is 1. The van der Waals surface area contributed by atoms with Gasteiger partial charge in [-0.05, 0) is 43.5 Å². The van der Waals surface area contributed by atoms with Crippen LogP contribution in [0, 0.1) is 13.8 Å². The summed E-state index contributed by atoms with van der Waals surface area (Å²) in [7, 11) is 0. The van der Waals surface area contributed by atoms with Gasteiger partial charge in [-0.2, -0.15) is 4.98 Å². The second-order valence-electron chi connectivity index (χ2n) is 7.80. The average Bonchev–Trinajstić information content (AvgIpc) is 3.09. The van der Waals surface area contributed by atoms with Gasteiger partial charge in [-0.25, -0.2) is 4.98 Å². The summed E-state index contributed by atoms with van der Waals surface area (Å²) < 4.78 is 5.75. The number of aliphatic hydroxyl groups excluding tert-OH is 1. The van der Waals surface area contributed by atoms with E-state index >= 15 is 0 Å². The molecule has 152 valence electrons. The Labute approximate surface area is 169 Å². The van der Waals surface area contributed by atoms with E-state index in [-0.39, 0.29) is 11.9 Å². The zero-order valence-corrected chi connectivity index (χ0v) is 16.8. The van der Waals surface area contributed by atoms with Gasteiger partial charge in [-0.3, -0.25) is 9.69 Å². The summed E-state index contributed by atoms with van der Waals surface area (Å²) in [4.78, 5) is 23.3. The maximum Gasteiger partial charge on any atom is 0.224 e. The highest BCUT2D eigenvalue weighted by Gasteiger charge is 2.29. The minimum absolute atomic E-state index is 0.0735. The van der Waals surface area contributed by atoms with Crippen LogP contribution >= 0.6 is 0 Å². The highest BCUT2D eigenvalue weighted by atomic mass is 16.3. The van der Waals surface area contributed by atoms with E-state index < -0.39 is 6.10 Å². The molecule has 1 amide bonds. The molecule has 3 heterocycles. The highest BCUT2D eigenvalue weighted by Crippen LogP contribution is 2.18. The summed E-state index contributed by atoms with van der Waals surface area (Å²) in [5.41, 5.74) is 4.51. The maximum absolute atomic E-state index is 12.6. The molecule has 1 aromatic carbocycles. The lowest BCUT2D eigenvalue weighted by molar-refractivity contribution is -0.122. The molecule has 1 fully saturated rings. The van der Waals surface area contributed by atoms with Crippen molar-refractivity contribution >= 4 is 17.1 Å². The Morgan fingerprint density at radius 3 is 3.03 bits per heavy atom. The van der Waals surface area contributed by atoms with Crippen LogP contribution in [0.5, 0.6) is 0 Å². The monoisotopic (exact) mass is 394 g/mol. The molecule has 2 aromatic heterocycles. The number of aryl methyl sites for hydroxylation is 2. The number of pyridine rings is 1. The SMILES string of the molecule is Cc1ccc(C)c(CC(=O)N[C@@H]2CN(Cc3nc4ncccc4o3)CC[C@@H]2O)c1. The van der Waals surface area contributed by atoms with E-state index in [1.165, 1.54) is 0 Å². The second kappa shape index (κ2) is 8.31. The zero-order chi connectivity index (χ0) is 20.4. The second-order valence-corrected chi connectivity index (χ2v) is 7.80. The number of amides is 1. The lowest BCUT2D eigenvalue weighted by Gasteiger charge is -2.35. The number of rotatable bonds is 5. The van der Waals surface area contributed by atoms with E-state index in [1.807, 2.05) is 44.2 Å². The van der Waals surface area contributed by atoms with Crippen LogP contribution in [0.3, 0.4) is 0 Å². The summed E-state index contributed by atoms with van der Waals surface area (Å²) in [5.74, 6) is 0.520. The molecule has 4 rings (SSSR count). The zero-order valence-electron chi connectivity index (χ0n) is 16.8. The largest absolute Gasteiger partial charge is 0.438 e. The average molecular weight is 394 g/mol. The van der Waals surface area contributed by atoms with Crippen molar-refractivity contribution in [2.24, 2.45) is 0 Å². The quantitative estimate of drug-likeness (QED) is 0.689. The molecule has 0 aliphatic carbocycles. The predicted octanol–water partition coefficient (Wildman–Crippen LogP) is 2.13. The van der Waals surface area contributed by atoms with Gasteiger partial charge >= 0.3 is 0 Å². The van der Waals surface area contributed by atoms with Gasteiger partial charge in [0.15, 0.2) is 11.2 Å². The molecule has 0 spiro atoms. The minimum Gasteiger partial charge on any atom is -0.438 e. The number of hydrogen-bond acceptors (Lipinski definition) is 6. The first kappa shape index (κ1) is 19.5. The van der Waals surface area contributed by atoms with E-state index in [9.17, 15) is 9.90 Å². The fourth-order valence-electron chi connectivity index (χ4n) is 3.79. The molecule has 2 atom stereocenters. The van der Waals surface area contributed by atoms with Crippen molar-refractivity contribution in [2.75, 3.05) is 13.1 Å².